The lowest BCUT2D eigenvalue weighted by Crippen LogP contribution is -2.34. The molecule has 0 radical (unpaired) electrons. The molecule has 1 amide bonds. The number of ether oxygens (including phenoxy) is 1. The second-order valence-corrected chi connectivity index (χ2v) is 4.51. The van der Waals surface area contributed by atoms with E-state index in [4.69, 9.17) is 4.74 Å². The van der Waals surface area contributed by atoms with Gasteiger partial charge in [0, 0.05) is 25.2 Å². The Morgan fingerprint density at radius 1 is 1.40 bits per heavy atom. The molecule has 1 aromatic rings. The van der Waals surface area contributed by atoms with Gasteiger partial charge in [0.1, 0.15) is 5.75 Å². The van der Waals surface area contributed by atoms with Crippen LogP contribution >= 0.6 is 0 Å². The molecule has 0 heterocycles. The fraction of sp³-hybridized carbons (Fsp3) is 0.462. The summed E-state index contributed by atoms with van der Waals surface area (Å²) in [6, 6.07) is 4.26. The van der Waals surface area contributed by atoms with E-state index in [0.29, 0.717) is 19.1 Å². The number of carbonyl (C=O) groups excluding carboxylic acids is 1. The highest BCUT2D eigenvalue weighted by atomic mass is 16.6. The molecule has 7 heteroatoms. The average Bonchev–Trinajstić information content (AvgIpc) is 2.42. The Morgan fingerprint density at radius 2 is 2.10 bits per heavy atom. The summed E-state index contributed by atoms with van der Waals surface area (Å²) >= 11 is 0. The van der Waals surface area contributed by atoms with Gasteiger partial charge >= 0.3 is 0 Å². The lowest BCUT2D eigenvalue weighted by Gasteiger charge is -2.11. The maximum absolute atomic E-state index is 12.0. The number of hydrogen-bond acceptors (Lipinski definition) is 5. The molecular weight excluding hydrogens is 262 g/mol. The molecule has 1 rings (SSSR count). The fourth-order valence-corrected chi connectivity index (χ4v) is 1.61. The maximum Gasteiger partial charge on any atom is 0.273 e. The van der Waals surface area contributed by atoms with Crippen molar-refractivity contribution in [2.75, 3.05) is 20.2 Å². The van der Waals surface area contributed by atoms with E-state index in [1.54, 1.807) is 0 Å². The van der Waals surface area contributed by atoms with Crippen molar-refractivity contribution in [3.8, 4) is 5.75 Å². The van der Waals surface area contributed by atoms with Crippen LogP contribution in [0.15, 0.2) is 18.2 Å². The van der Waals surface area contributed by atoms with Crippen LogP contribution in [0, 0.1) is 10.1 Å². The predicted molar refractivity (Wildman–Crippen MR) is 75.1 cm³/mol. The van der Waals surface area contributed by atoms with E-state index in [9.17, 15) is 14.9 Å². The third kappa shape index (κ3) is 4.51. The number of hydrogen-bond donors (Lipinski definition) is 2. The SMILES string of the molecule is COc1cc([N+](=O)[O-])ccc1C(=O)NCCNC(C)C. The van der Waals surface area contributed by atoms with Crippen molar-refractivity contribution in [1.29, 1.82) is 0 Å². The molecule has 0 unspecified atom stereocenters. The van der Waals surface area contributed by atoms with Crippen LogP contribution in [0.2, 0.25) is 0 Å². The zero-order valence-corrected chi connectivity index (χ0v) is 11.8. The van der Waals surface area contributed by atoms with Crippen molar-refractivity contribution in [2.45, 2.75) is 19.9 Å². The van der Waals surface area contributed by atoms with Crippen LogP contribution in [0.25, 0.3) is 0 Å². The summed E-state index contributed by atoms with van der Waals surface area (Å²) in [5.74, 6) is -0.129. The molecule has 0 spiro atoms. The van der Waals surface area contributed by atoms with Crippen LogP contribution in [0.5, 0.6) is 5.75 Å². The normalized spacial score (nSPS) is 10.4. The smallest absolute Gasteiger partial charge is 0.273 e. The summed E-state index contributed by atoms with van der Waals surface area (Å²) in [5.41, 5.74) is 0.169. The molecule has 110 valence electrons. The standard InChI is InChI=1S/C13H19N3O4/c1-9(2)14-6-7-15-13(17)11-5-4-10(16(18)19)8-12(11)20-3/h4-5,8-9,14H,6-7H2,1-3H3,(H,15,17). The van der Waals surface area contributed by atoms with Gasteiger partial charge in [0.2, 0.25) is 0 Å². The van der Waals surface area contributed by atoms with Crippen LogP contribution < -0.4 is 15.4 Å². The Hall–Kier alpha value is -2.15. The number of nitrogens with one attached hydrogen (secondary N) is 2. The lowest BCUT2D eigenvalue weighted by atomic mass is 10.1. The van der Waals surface area contributed by atoms with E-state index in [-0.39, 0.29) is 22.9 Å². The fourth-order valence-electron chi connectivity index (χ4n) is 1.61. The Kier molecular flexibility index (Phi) is 5.92. The van der Waals surface area contributed by atoms with Gasteiger partial charge in [-0.15, -0.1) is 0 Å². The summed E-state index contributed by atoms with van der Waals surface area (Å²) in [5, 5.41) is 16.6. The summed E-state index contributed by atoms with van der Waals surface area (Å²) in [6.45, 7) is 5.15. The van der Waals surface area contributed by atoms with Crippen LogP contribution in [0.1, 0.15) is 24.2 Å². The molecule has 7 nitrogen and oxygen atoms in total. The van der Waals surface area contributed by atoms with Gasteiger partial charge in [0.15, 0.2) is 0 Å². The van der Waals surface area contributed by atoms with Gasteiger partial charge in [-0.3, -0.25) is 14.9 Å². The molecule has 20 heavy (non-hydrogen) atoms. The van der Waals surface area contributed by atoms with Crippen molar-refractivity contribution < 1.29 is 14.5 Å². The number of rotatable bonds is 7. The number of carbonyl (C=O) groups is 1. The molecule has 0 saturated carbocycles. The zero-order valence-electron chi connectivity index (χ0n) is 11.8. The number of nitro benzene ring substituents is 1. The zero-order chi connectivity index (χ0) is 15.1. The summed E-state index contributed by atoms with van der Waals surface area (Å²) in [4.78, 5) is 22.1. The molecule has 0 aliphatic heterocycles. The molecule has 1 aromatic carbocycles. The number of non-ortho nitro benzene ring substituents is 1. The van der Waals surface area contributed by atoms with E-state index in [1.807, 2.05) is 13.8 Å². The molecule has 0 saturated heterocycles. The summed E-state index contributed by atoms with van der Waals surface area (Å²) < 4.78 is 5.02. The number of amides is 1. The van der Waals surface area contributed by atoms with Crippen LogP contribution in [-0.4, -0.2) is 37.1 Å². The second kappa shape index (κ2) is 7.44. The van der Waals surface area contributed by atoms with E-state index in [0.717, 1.165) is 0 Å². The molecule has 0 atom stereocenters. The van der Waals surface area contributed by atoms with Crippen LogP contribution in [0.4, 0.5) is 5.69 Å². The molecule has 2 N–H and O–H groups in total. The quantitative estimate of drug-likeness (QED) is 0.447. The highest BCUT2D eigenvalue weighted by Crippen LogP contribution is 2.24. The van der Waals surface area contributed by atoms with Crippen molar-refractivity contribution in [3.63, 3.8) is 0 Å². The Bertz CT molecular complexity index is 489. The van der Waals surface area contributed by atoms with Gasteiger partial charge < -0.3 is 15.4 Å². The van der Waals surface area contributed by atoms with E-state index in [2.05, 4.69) is 10.6 Å². The number of benzene rings is 1. The van der Waals surface area contributed by atoms with Gasteiger partial charge in [-0.25, -0.2) is 0 Å². The Morgan fingerprint density at radius 3 is 2.65 bits per heavy atom. The van der Waals surface area contributed by atoms with Gasteiger partial charge in [-0.2, -0.15) is 0 Å². The summed E-state index contributed by atoms with van der Waals surface area (Å²) in [7, 11) is 1.37. The highest BCUT2D eigenvalue weighted by molar-refractivity contribution is 5.97. The van der Waals surface area contributed by atoms with Crippen LogP contribution in [-0.2, 0) is 0 Å². The first kappa shape index (κ1) is 15.9. The highest BCUT2D eigenvalue weighted by Gasteiger charge is 2.16. The van der Waals surface area contributed by atoms with Gasteiger partial charge in [0.25, 0.3) is 11.6 Å². The molecular formula is C13H19N3O4. The first-order valence-electron chi connectivity index (χ1n) is 6.29. The molecule has 0 aromatic heterocycles. The minimum atomic E-state index is -0.531. The van der Waals surface area contributed by atoms with E-state index >= 15 is 0 Å². The monoisotopic (exact) mass is 281 g/mol. The molecule has 0 bridgehead atoms. The first-order chi connectivity index (χ1) is 9.45. The first-order valence-corrected chi connectivity index (χ1v) is 6.29. The van der Waals surface area contributed by atoms with Gasteiger partial charge in [-0.1, -0.05) is 13.8 Å². The third-order valence-electron chi connectivity index (χ3n) is 2.60. The molecule has 0 fully saturated rings. The van der Waals surface area contributed by atoms with Crippen molar-refractivity contribution in [1.82, 2.24) is 10.6 Å². The van der Waals surface area contributed by atoms with Gasteiger partial charge in [-0.05, 0) is 6.07 Å². The Balaban J connectivity index is 2.70. The topological polar surface area (TPSA) is 93.5 Å². The third-order valence-corrected chi connectivity index (χ3v) is 2.60. The van der Waals surface area contributed by atoms with E-state index < -0.39 is 4.92 Å². The molecule has 0 aliphatic carbocycles. The molecule has 0 aliphatic rings. The summed E-state index contributed by atoms with van der Waals surface area (Å²) in [6.07, 6.45) is 0. The number of methoxy groups -OCH3 is 1. The van der Waals surface area contributed by atoms with Crippen LogP contribution in [0.3, 0.4) is 0 Å². The average molecular weight is 281 g/mol. The van der Waals surface area contributed by atoms with Crippen molar-refractivity contribution in [2.24, 2.45) is 0 Å². The predicted octanol–water partition coefficient (Wildman–Crippen LogP) is 1.33. The Labute approximate surface area is 117 Å². The number of nitrogens with zero attached hydrogens (tertiary/aromatic N) is 1. The van der Waals surface area contributed by atoms with Crippen molar-refractivity contribution in [3.05, 3.63) is 33.9 Å². The van der Waals surface area contributed by atoms with E-state index in [1.165, 1.54) is 25.3 Å². The minimum absolute atomic E-state index is 0.111. The number of nitro groups is 1. The largest absolute Gasteiger partial charge is 0.496 e. The second-order valence-electron chi connectivity index (χ2n) is 4.51. The van der Waals surface area contributed by atoms with Crippen molar-refractivity contribution >= 4 is 11.6 Å². The lowest BCUT2D eigenvalue weighted by molar-refractivity contribution is -0.384. The van der Waals surface area contributed by atoms with Gasteiger partial charge in [0.05, 0.1) is 23.7 Å². The minimum Gasteiger partial charge on any atom is -0.496 e. The maximum atomic E-state index is 12.0.